The lowest BCUT2D eigenvalue weighted by molar-refractivity contribution is 0.0760. The molecule has 3 heterocycles. The lowest BCUT2D eigenvalue weighted by Gasteiger charge is -2.22. The molecule has 0 bridgehead atoms. The molecule has 2 aliphatic rings. The molecule has 0 aliphatic carbocycles. The van der Waals surface area contributed by atoms with Crippen LogP contribution < -0.4 is 9.47 Å². The van der Waals surface area contributed by atoms with Crippen molar-refractivity contribution in [1.82, 2.24) is 14.8 Å². The molecule has 0 atom stereocenters. The van der Waals surface area contributed by atoms with Gasteiger partial charge in [-0.1, -0.05) is 20.8 Å². The van der Waals surface area contributed by atoms with Gasteiger partial charge >= 0.3 is 0 Å². The molecule has 4 rings (SSSR count). The number of nitrogens with zero attached hydrogens (tertiary/aromatic N) is 3. The number of amides is 1. The van der Waals surface area contributed by atoms with Gasteiger partial charge in [-0.2, -0.15) is 0 Å². The maximum absolute atomic E-state index is 12.9. The molecule has 2 aliphatic heterocycles. The number of ether oxygens (including phenoxy) is 2. The van der Waals surface area contributed by atoms with Gasteiger partial charge in [0.1, 0.15) is 0 Å². The van der Waals surface area contributed by atoms with Crippen molar-refractivity contribution in [2.24, 2.45) is 0 Å². The van der Waals surface area contributed by atoms with Gasteiger partial charge in [-0.05, 0) is 24.6 Å². The van der Waals surface area contributed by atoms with Gasteiger partial charge in [0.05, 0.1) is 10.7 Å². The van der Waals surface area contributed by atoms with E-state index in [2.05, 4.69) is 31.1 Å². The summed E-state index contributed by atoms with van der Waals surface area (Å²) in [4.78, 5) is 22.1. The molecule has 1 saturated heterocycles. The van der Waals surface area contributed by atoms with E-state index in [-0.39, 0.29) is 18.1 Å². The zero-order valence-corrected chi connectivity index (χ0v) is 17.6. The highest BCUT2D eigenvalue weighted by Crippen LogP contribution is 2.33. The minimum Gasteiger partial charge on any atom is -0.454 e. The first kappa shape index (κ1) is 19.2. The summed E-state index contributed by atoms with van der Waals surface area (Å²) >= 11 is 1.74. The zero-order valence-electron chi connectivity index (χ0n) is 16.7. The summed E-state index contributed by atoms with van der Waals surface area (Å²) in [6, 6.07) is 5.42. The van der Waals surface area contributed by atoms with E-state index in [1.807, 2.05) is 17.0 Å². The quantitative estimate of drug-likeness (QED) is 0.788. The number of thiazole rings is 1. The van der Waals surface area contributed by atoms with Crippen molar-refractivity contribution in [3.63, 3.8) is 0 Å². The van der Waals surface area contributed by atoms with Crippen LogP contribution in [-0.4, -0.2) is 53.7 Å². The third kappa shape index (κ3) is 4.15. The molecule has 150 valence electrons. The lowest BCUT2D eigenvalue weighted by atomic mass is 9.98. The average molecular weight is 402 g/mol. The second-order valence-electron chi connectivity index (χ2n) is 8.38. The molecule has 1 aromatic heterocycles. The molecule has 7 heteroatoms. The monoisotopic (exact) mass is 401 g/mol. The van der Waals surface area contributed by atoms with Gasteiger partial charge < -0.3 is 14.4 Å². The summed E-state index contributed by atoms with van der Waals surface area (Å²) in [5.41, 5.74) is 1.88. The Labute approximate surface area is 170 Å². The Morgan fingerprint density at radius 3 is 2.75 bits per heavy atom. The van der Waals surface area contributed by atoms with Crippen molar-refractivity contribution in [1.29, 1.82) is 0 Å². The summed E-state index contributed by atoms with van der Waals surface area (Å²) in [5, 5.41) is 3.35. The van der Waals surface area contributed by atoms with Crippen LogP contribution in [0, 0.1) is 0 Å². The van der Waals surface area contributed by atoms with Gasteiger partial charge in [-0.3, -0.25) is 9.69 Å². The minimum absolute atomic E-state index is 0.0591. The Kier molecular flexibility index (Phi) is 5.29. The van der Waals surface area contributed by atoms with E-state index < -0.39 is 0 Å². The second-order valence-corrected chi connectivity index (χ2v) is 9.24. The Hall–Kier alpha value is -2.12. The number of aromatic nitrogens is 1. The first-order chi connectivity index (χ1) is 13.4. The molecule has 1 aromatic carbocycles. The molecule has 0 saturated carbocycles. The molecule has 28 heavy (non-hydrogen) atoms. The van der Waals surface area contributed by atoms with Gasteiger partial charge in [0.15, 0.2) is 11.5 Å². The molecule has 0 radical (unpaired) electrons. The predicted molar refractivity (Wildman–Crippen MR) is 109 cm³/mol. The topological polar surface area (TPSA) is 54.9 Å². The van der Waals surface area contributed by atoms with Gasteiger partial charge in [0.2, 0.25) is 6.79 Å². The summed E-state index contributed by atoms with van der Waals surface area (Å²) in [5.74, 6) is 1.42. The number of hydrogen-bond acceptors (Lipinski definition) is 6. The summed E-state index contributed by atoms with van der Waals surface area (Å²) < 4.78 is 10.7. The van der Waals surface area contributed by atoms with Gasteiger partial charge in [-0.25, -0.2) is 4.98 Å². The van der Waals surface area contributed by atoms with Crippen LogP contribution in [0.1, 0.15) is 48.3 Å². The summed E-state index contributed by atoms with van der Waals surface area (Å²) in [6.45, 7) is 11.0. The van der Waals surface area contributed by atoms with Gasteiger partial charge in [-0.15, -0.1) is 11.3 Å². The highest BCUT2D eigenvalue weighted by atomic mass is 32.1. The largest absolute Gasteiger partial charge is 0.454 e. The van der Waals surface area contributed by atoms with E-state index in [4.69, 9.17) is 14.5 Å². The third-order valence-corrected chi connectivity index (χ3v) is 6.39. The van der Waals surface area contributed by atoms with Crippen LogP contribution in [0.2, 0.25) is 0 Å². The first-order valence-electron chi connectivity index (χ1n) is 9.76. The highest BCUT2D eigenvalue weighted by Gasteiger charge is 2.24. The van der Waals surface area contributed by atoms with Crippen molar-refractivity contribution >= 4 is 17.2 Å². The zero-order chi connectivity index (χ0) is 19.7. The fraction of sp³-hybridized carbons (Fsp3) is 0.524. The van der Waals surface area contributed by atoms with E-state index in [0.29, 0.717) is 17.1 Å². The van der Waals surface area contributed by atoms with E-state index in [9.17, 15) is 4.79 Å². The molecule has 2 aromatic rings. The molecule has 1 amide bonds. The molecule has 0 unspecified atom stereocenters. The van der Waals surface area contributed by atoms with E-state index in [0.717, 1.165) is 44.8 Å². The van der Waals surface area contributed by atoms with Crippen LogP contribution in [0.4, 0.5) is 0 Å². The molecule has 1 fully saturated rings. The number of carbonyl (C=O) groups is 1. The number of rotatable bonds is 3. The lowest BCUT2D eigenvalue weighted by Crippen LogP contribution is -2.35. The van der Waals surface area contributed by atoms with E-state index >= 15 is 0 Å². The summed E-state index contributed by atoms with van der Waals surface area (Å²) in [6.07, 6.45) is 0.965. The number of benzene rings is 1. The Balaban J connectivity index is 1.37. The molecule has 6 nitrogen and oxygen atoms in total. The minimum atomic E-state index is 0.0591. The number of carbonyl (C=O) groups excluding carboxylic acids is 1. The maximum atomic E-state index is 12.9. The summed E-state index contributed by atoms with van der Waals surface area (Å²) in [7, 11) is 0. The molecular formula is C21H27N3O3S. The second kappa shape index (κ2) is 7.72. The number of hydrogen-bond donors (Lipinski definition) is 0. The fourth-order valence-electron chi connectivity index (χ4n) is 3.50. The van der Waals surface area contributed by atoms with Crippen LogP contribution in [0.5, 0.6) is 11.5 Å². The molecule has 0 spiro atoms. The van der Waals surface area contributed by atoms with Crippen molar-refractivity contribution in [3.8, 4) is 11.5 Å². The smallest absolute Gasteiger partial charge is 0.254 e. The van der Waals surface area contributed by atoms with Crippen LogP contribution >= 0.6 is 11.3 Å². The van der Waals surface area contributed by atoms with Crippen molar-refractivity contribution in [3.05, 3.63) is 39.8 Å². The van der Waals surface area contributed by atoms with Crippen LogP contribution in [0.25, 0.3) is 0 Å². The number of fused-ring (bicyclic) bond motifs is 1. The normalized spacial score (nSPS) is 17.6. The average Bonchev–Trinajstić information content (AvgIpc) is 3.26. The molecule has 0 N–H and O–H groups in total. The first-order valence-corrected chi connectivity index (χ1v) is 10.6. The van der Waals surface area contributed by atoms with Crippen molar-refractivity contribution in [2.45, 2.75) is 39.2 Å². The van der Waals surface area contributed by atoms with Gasteiger partial charge in [0, 0.05) is 49.1 Å². The van der Waals surface area contributed by atoms with E-state index in [1.165, 1.54) is 5.01 Å². The van der Waals surface area contributed by atoms with E-state index in [1.54, 1.807) is 17.4 Å². The maximum Gasteiger partial charge on any atom is 0.254 e. The third-order valence-electron chi connectivity index (χ3n) is 5.07. The Morgan fingerprint density at radius 2 is 1.96 bits per heavy atom. The molecular weight excluding hydrogens is 374 g/mol. The standard InChI is InChI=1S/C21H27N3O3S/c1-21(2,3)20-22-16(13-28-20)12-23-7-4-8-24(10-9-23)19(25)15-5-6-17-18(11-15)27-14-26-17/h5-6,11,13H,4,7-10,12,14H2,1-3H3. The van der Waals surface area contributed by atoms with Crippen LogP contribution in [0.15, 0.2) is 23.6 Å². The predicted octanol–water partition coefficient (Wildman–Crippen LogP) is 3.52. The fourth-order valence-corrected chi connectivity index (χ4v) is 4.40. The Bertz CT molecular complexity index is 859. The van der Waals surface area contributed by atoms with Crippen molar-refractivity contribution in [2.75, 3.05) is 33.0 Å². The SMILES string of the molecule is CC(C)(C)c1nc(CN2CCCN(C(=O)c3ccc4c(c3)OCO4)CC2)cs1. The van der Waals surface area contributed by atoms with Gasteiger partial charge in [0.25, 0.3) is 5.91 Å². The van der Waals surface area contributed by atoms with Crippen LogP contribution in [-0.2, 0) is 12.0 Å². The Morgan fingerprint density at radius 1 is 1.14 bits per heavy atom. The highest BCUT2D eigenvalue weighted by molar-refractivity contribution is 7.09. The van der Waals surface area contributed by atoms with Crippen molar-refractivity contribution < 1.29 is 14.3 Å². The van der Waals surface area contributed by atoms with Crippen LogP contribution in [0.3, 0.4) is 0 Å².